The Kier molecular flexibility index (Phi) is 4.39. The van der Waals surface area contributed by atoms with Crippen LogP contribution in [0.4, 0.5) is 0 Å². The molecular formula is C24H31NO2. The van der Waals surface area contributed by atoms with Crippen LogP contribution in [0.3, 0.4) is 0 Å². The smallest absolute Gasteiger partial charge is 0.338 e. The first-order valence-corrected chi connectivity index (χ1v) is 10.9. The van der Waals surface area contributed by atoms with E-state index < -0.39 is 0 Å². The summed E-state index contributed by atoms with van der Waals surface area (Å²) in [6, 6.07) is 10.2. The second-order valence-electron chi connectivity index (χ2n) is 9.14. The van der Waals surface area contributed by atoms with Gasteiger partial charge in [-0.25, -0.2) is 4.79 Å². The number of ether oxygens (including phenoxy) is 1. The van der Waals surface area contributed by atoms with Crippen molar-refractivity contribution < 1.29 is 9.53 Å². The minimum absolute atomic E-state index is 0.0135. The maximum Gasteiger partial charge on any atom is 0.338 e. The lowest BCUT2D eigenvalue weighted by Crippen LogP contribution is -2.50. The van der Waals surface area contributed by atoms with Gasteiger partial charge in [-0.2, -0.15) is 0 Å². The van der Waals surface area contributed by atoms with Crippen molar-refractivity contribution in [3.8, 4) is 0 Å². The number of carbonyl (C=O) groups is 1. The van der Waals surface area contributed by atoms with Crippen LogP contribution in [-0.2, 0) is 4.74 Å². The summed E-state index contributed by atoms with van der Waals surface area (Å²) in [4.78, 5) is 15.4. The molecule has 2 unspecified atom stereocenters. The molecule has 0 bridgehead atoms. The first-order chi connectivity index (χ1) is 13.2. The molecule has 2 fully saturated rings. The van der Waals surface area contributed by atoms with Gasteiger partial charge in [0.15, 0.2) is 0 Å². The number of likely N-dealkylation sites (tertiary alicyclic amines) is 1. The second-order valence-corrected chi connectivity index (χ2v) is 9.14. The van der Waals surface area contributed by atoms with E-state index in [1.807, 2.05) is 30.3 Å². The zero-order valence-corrected chi connectivity index (χ0v) is 16.5. The average molecular weight is 366 g/mol. The number of nitrogens with zero attached hydrogens (tertiary/aromatic N) is 1. The van der Waals surface area contributed by atoms with Crippen molar-refractivity contribution in [3.05, 3.63) is 47.0 Å². The first-order valence-electron chi connectivity index (χ1n) is 10.9. The molecule has 1 aromatic carbocycles. The van der Waals surface area contributed by atoms with Gasteiger partial charge in [0.2, 0.25) is 0 Å². The Hall–Kier alpha value is -1.61. The van der Waals surface area contributed by atoms with Crippen LogP contribution in [0.5, 0.6) is 0 Å². The van der Waals surface area contributed by atoms with Crippen LogP contribution in [0, 0.1) is 11.3 Å². The zero-order chi connectivity index (χ0) is 18.4. The molecule has 144 valence electrons. The highest BCUT2D eigenvalue weighted by atomic mass is 16.5. The predicted molar refractivity (Wildman–Crippen MR) is 107 cm³/mol. The number of hydrogen-bond acceptors (Lipinski definition) is 3. The van der Waals surface area contributed by atoms with Crippen LogP contribution in [0.15, 0.2) is 41.5 Å². The third-order valence-corrected chi connectivity index (χ3v) is 7.67. The monoisotopic (exact) mass is 365 g/mol. The van der Waals surface area contributed by atoms with Gasteiger partial charge in [0, 0.05) is 6.04 Å². The summed E-state index contributed by atoms with van der Waals surface area (Å²) < 4.78 is 6.05. The van der Waals surface area contributed by atoms with Crippen molar-refractivity contribution in [1.82, 2.24) is 4.90 Å². The molecule has 1 heterocycles. The molecule has 0 N–H and O–H groups in total. The lowest BCUT2D eigenvalue weighted by Gasteiger charge is -2.48. The highest BCUT2D eigenvalue weighted by molar-refractivity contribution is 5.89. The second kappa shape index (κ2) is 6.77. The van der Waals surface area contributed by atoms with Gasteiger partial charge in [-0.05, 0) is 93.5 Å². The summed E-state index contributed by atoms with van der Waals surface area (Å²) in [6.45, 7) is 4.84. The van der Waals surface area contributed by atoms with E-state index in [9.17, 15) is 4.79 Å². The Morgan fingerprint density at radius 2 is 2.11 bits per heavy atom. The van der Waals surface area contributed by atoms with Gasteiger partial charge in [-0.3, -0.25) is 4.90 Å². The van der Waals surface area contributed by atoms with Crippen LogP contribution in [0.2, 0.25) is 0 Å². The number of esters is 1. The van der Waals surface area contributed by atoms with Gasteiger partial charge in [0.25, 0.3) is 0 Å². The molecule has 3 aliphatic carbocycles. The fourth-order valence-corrected chi connectivity index (χ4v) is 6.28. The van der Waals surface area contributed by atoms with Gasteiger partial charge in [0.05, 0.1) is 5.56 Å². The topological polar surface area (TPSA) is 29.5 Å². The van der Waals surface area contributed by atoms with E-state index in [-0.39, 0.29) is 12.1 Å². The molecule has 0 aromatic heterocycles. The van der Waals surface area contributed by atoms with E-state index in [1.165, 1.54) is 57.2 Å². The molecule has 4 atom stereocenters. The molecule has 4 aliphatic rings. The lowest BCUT2D eigenvalue weighted by molar-refractivity contribution is 0.0253. The van der Waals surface area contributed by atoms with Crippen LogP contribution >= 0.6 is 0 Å². The molecule has 3 heteroatoms. The molecule has 0 radical (unpaired) electrons. The molecule has 3 nitrogen and oxygen atoms in total. The Morgan fingerprint density at radius 3 is 2.93 bits per heavy atom. The van der Waals surface area contributed by atoms with Crippen LogP contribution in [-0.4, -0.2) is 36.1 Å². The number of benzene rings is 1. The van der Waals surface area contributed by atoms with Crippen molar-refractivity contribution in [2.45, 2.75) is 70.4 Å². The van der Waals surface area contributed by atoms with Crippen LogP contribution < -0.4 is 0 Å². The molecule has 1 saturated heterocycles. The van der Waals surface area contributed by atoms with E-state index in [0.717, 1.165) is 24.8 Å². The Labute approximate surface area is 162 Å². The van der Waals surface area contributed by atoms with Crippen molar-refractivity contribution in [3.63, 3.8) is 0 Å². The van der Waals surface area contributed by atoms with Gasteiger partial charge in [-0.1, -0.05) is 30.7 Å². The third kappa shape index (κ3) is 2.95. The number of hydrogen-bond donors (Lipinski definition) is 0. The minimum atomic E-state index is -0.155. The van der Waals surface area contributed by atoms with Crippen LogP contribution in [0.1, 0.15) is 68.6 Å². The summed E-state index contributed by atoms with van der Waals surface area (Å²) >= 11 is 0. The molecular weight excluding hydrogens is 334 g/mol. The largest absolute Gasteiger partial charge is 0.454 e. The fourth-order valence-electron chi connectivity index (χ4n) is 6.28. The predicted octanol–water partition coefficient (Wildman–Crippen LogP) is 4.98. The Morgan fingerprint density at radius 1 is 1.26 bits per heavy atom. The van der Waals surface area contributed by atoms with E-state index in [2.05, 4.69) is 11.8 Å². The quantitative estimate of drug-likeness (QED) is 0.557. The van der Waals surface area contributed by atoms with E-state index in [1.54, 1.807) is 5.57 Å². The normalized spacial score (nSPS) is 35.1. The SMILES string of the molecule is CCCN1CCC2CC23CC2=C(CCC[C@H]2OC(=O)c2ccccc2)C[C@@H]13. The van der Waals surface area contributed by atoms with Crippen molar-refractivity contribution in [2.24, 2.45) is 11.3 Å². The van der Waals surface area contributed by atoms with Crippen molar-refractivity contribution in [1.29, 1.82) is 0 Å². The summed E-state index contributed by atoms with van der Waals surface area (Å²) in [5.74, 6) is 0.759. The fraction of sp³-hybridized carbons (Fsp3) is 0.625. The summed E-state index contributed by atoms with van der Waals surface area (Å²) in [7, 11) is 0. The summed E-state index contributed by atoms with van der Waals surface area (Å²) in [5.41, 5.74) is 4.30. The van der Waals surface area contributed by atoms with E-state index >= 15 is 0 Å². The summed E-state index contributed by atoms with van der Waals surface area (Å²) in [6.07, 6.45) is 9.81. The number of carbonyl (C=O) groups excluding carboxylic acids is 1. The zero-order valence-electron chi connectivity index (χ0n) is 16.5. The third-order valence-electron chi connectivity index (χ3n) is 7.67. The Bertz CT molecular complexity index is 755. The first kappa shape index (κ1) is 17.5. The molecule has 1 saturated carbocycles. The number of piperidine rings is 1. The maximum atomic E-state index is 12.6. The molecule has 1 spiro atoms. The van der Waals surface area contributed by atoms with Crippen LogP contribution in [0.25, 0.3) is 0 Å². The highest BCUT2D eigenvalue weighted by Gasteiger charge is 2.64. The highest BCUT2D eigenvalue weighted by Crippen LogP contribution is 2.67. The molecule has 27 heavy (non-hydrogen) atoms. The Balaban J connectivity index is 1.38. The number of rotatable bonds is 4. The standard InChI is InChI=1S/C24H31NO2/c1-2-12-25-13-11-19-15-24(19)16-20-18(14-22(24)25)9-6-10-21(20)27-23(26)17-7-4-3-5-8-17/h3-5,7-8,19,21-22H,2,6,9-16H2,1H3/t19?,21-,22-,24?/m1/s1. The maximum absolute atomic E-state index is 12.6. The average Bonchev–Trinajstić information content (AvgIpc) is 3.41. The lowest BCUT2D eigenvalue weighted by atomic mass is 9.69. The molecule has 5 rings (SSSR count). The van der Waals surface area contributed by atoms with E-state index in [0.29, 0.717) is 11.0 Å². The van der Waals surface area contributed by atoms with Gasteiger partial charge in [-0.15, -0.1) is 0 Å². The van der Waals surface area contributed by atoms with Crippen molar-refractivity contribution >= 4 is 5.97 Å². The van der Waals surface area contributed by atoms with Gasteiger partial charge in [0.1, 0.15) is 6.10 Å². The van der Waals surface area contributed by atoms with Crippen molar-refractivity contribution in [2.75, 3.05) is 13.1 Å². The molecule has 0 amide bonds. The van der Waals surface area contributed by atoms with Gasteiger partial charge < -0.3 is 4.74 Å². The van der Waals surface area contributed by atoms with Gasteiger partial charge >= 0.3 is 5.97 Å². The molecule has 1 aromatic rings. The molecule has 1 aliphatic heterocycles. The minimum Gasteiger partial charge on any atom is -0.454 e. The summed E-state index contributed by atoms with van der Waals surface area (Å²) in [5, 5.41) is 0. The van der Waals surface area contributed by atoms with E-state index in [4.69, 9.17) is 4.74 Å².